The van der Waals surface area contributed by atoms with E-state index in [0.29, 0.717) is 12.2 Å². The largest absolute Gasteiger partial charge is 0.486 e. The van der Waals surface area contributed by atoms with Crippen LogP contribution in [-0.2, 0) is 16.1 Å². The van der Waals surface area contributed by atoms with Crippen LogP contribution in [0.1, 0.15) is 36.9 Å². The minimum absolute atomic E-state index is 0.177. The average molecular weight is 357 g/mol. The number of carbonyl (C=O) groups is 1. The molecular weight excluding hydrogens is 333 g/mol. The molecule has 1 fully saturated rings. The van der Waals surface area contributed by atoms with E-state index in [1.54, 1.807) is 12.1 Å². The number of likely N-dealkylation sites (tertiary alicyclic amines) is 1. The summed E-state index contributed by atoms with van der Waals surface area (Å²) in [5.41, 5.74) is 1.56. The zero-order chi connectivity index (χ0) is 18.5. The molecule has 0 aromatic heterocycles. The summed E-state index contributed by atoms with van der Waals surface area (Å²) < 4.78 is 25.1. The Morgan fingerprint density at radius 1 is 1.27 bits per heavy atom. The molecule has 2 aromatic carbocycles. The summed E-state index contributed by atoms with van der Waals surface area (Å²) in [5, 5.41) is 0. The minimum Gasteiger partial charge on any atom is -0.486 e. The second-order valence-corrected chi connectivity index (χ2v) is 6.62. The quantitative estimate of drug-likeness (QED) is 0.730. The van der Waals surface area contributed by atoms with Crippen molar-refractivity contribution in [1.29, 1.82) is 0 Å². The van der Waals surface area contributed by atoms with Gasteiger partial charge in [-0.1, -0.05) is 36.4 Å². The van der Waals surface area contributed by atoms with Crippen molar-refractivity contribution >= 4 is 5.97 Å². The third kappa shape index (κ3) is 4.05. The van der Waals surface area contributed by atoms with Gasteiger partial charge in [-0.25, -0.2) is 9.18 Å². The van der Waals surface area contributed by atoms with Crippen molar-refractivity contribution in [3.8, 4) is 5.75 Å². The predicted molar refractivity (Wildman–Crippen MR) is 97.3 cm³/mol. The van der Waals surface area contributed by atoms with Crippen molar-refractivity contribution in [3.05, 3.63) is 65.5 Å². The standard InChI is InChI=1S/C21H24FNO3/c1-15-7-6-12-23(15)20(21(24)25-2)17-10-11-19(18(22)13-17)26-14-16-8-4-3-5-9-16/h3-5,8-11,13,15,20H,6-7,12,14H2,1-2H3/t15-,20-/m0/s1. The molecule has 26 heavy (non-hydrogen) atoms. The van der Waals surface area contributed by atoms with Gasteiger partial charge in [-0.2, -0.15) is 0 Å². The first-order chi connectivity index (χ1) is 12.6. The molecule has 0 saturated carbocycles. The van der Waals surface area contributed by atoms with Crippen LogP contribution in [0, 0.1) is 5.82 Å². The summed E-state index contributed by atoms with van der Waals surface area (Å²) in [6, 6.07) is 14.0. The summed E-state index contributed by atoms with van der Waals surface area (Å²) in [6.45, 7) is 3.17. The van der Waals surface area contributed by atoms with E-state index in [-0.39, 0.29) is 17.8 Å². The topological polar surface area (TPSA) is 38.8 Å². The molecule has 0 radical (unpaired) electrons. The zero-order valence-electron chi connectivity index (χ0n) is 15.2. The summed E-state index contributed by atoms with van der Waals surface area (Å²) >= 11 is 0. The highest BCUT2D eigenvalue weighted by Gasteiger charge is 2.35. The third-order valence-electron chi connectivity index (χ3n) is 4.87. The van der Waals surface area contributed by atoms with Crippen molar-refractivity contribution < 1.29 is 18.7 Å². The van der Waals surface area contributed by atoms with E-state index < -0.39 is 11.9 Å². The van der Waals surface area contributed by atoms with Crippen molar-refractivity contribution in [2.75, 3.05) is 13.7 Å². The van der Waals surface area contributed by atoms with E-state index in [9.17, 15) is 9.18 Å². The van der Waals surface area contributed by atoms with Gasteiger partial charge in [-0.3, -0.25) is 4.90 Å². The number of hydrogen-bond acceptors (Lipinski definition) is 4. The lowest BCUT2D eigenvalue weighted by Crippen LogP contribution is -2.37. The number of benzene rings is 2. The van der Waals surface area contributed by atoms with E-state index in [0.717, 1.165) is 24.9 Å². The maximum absolute atomic E-state index is 14.6. The minimum atomic E-state index is -0.588. The van der Waals surface area contributed by atoms with Crippen LogP contribution in [0.5, 0.6) is 5.75 Å². The molecule has 0 amide bonds. The fraction of sp³-hybridized carbons (Fsp3) is 0.381. The Balaban J connectivity index is 1.78. The molecule has 3 rings (SSSR count). The van der Waals surface area contributed by atoms with Gasteiger partial charge >= 0.3 is 5.97 Å². The van der Waals surface area contributed by atoms with Gasteiger partial charge in [0.2, 0.25) is 0 Å². The molecule has 2 atom stereocenters. The molecule has 2 aromatic rings. The number of rotatable bonds is 6. The maximum Gasteiger partial charge on any atom is 0.327 e. The number of esters is 1. The fourth-order valence-corrected chi connectivity index (χ4v) is 3.45. The number of halogens is 1. The average Bonchev–Trinajstić information content (AvgIpc) is 3.07. The van der Waals surface area contributed by atoms with Crippen LogP contribution >= 0.6 is 0 Å². The van der Waals surface area contributed by atoms with Crippen LogP contribution in [0.4, 0.5) is 4.39 Å². The highest BCUT2D eigenvalue weighted by Crippen LogP contribution is 2.32. The Hall–Kier alpha value is -2.40. The Labute approximate surface area is 153 Å². The predicted octanol–water partition coefficient (Wildman–Crippen LogP) is 4.10. The van der Waals surface area contributed by atoms with Crippen LogP contribution < -0.4 is 4.74 Å². The van der Waals surface area contributed by atoms with Gasteiger partial charge in [0, 0.05) is 6.04 Å². The van der Waals surface area contributed by atoms with Gasteiger partial charge in [0.25, 0.3) is 0 Å². The van der Waals surface area contributed by atoms with E-state index in [1.165, 1.54) is 13.2 Å². The first-order valence-electron chi connectivity index (χ1n) is 8.90. The molecule has 1 heterocycles. The highest BCUT2D eigenvalue weighted by molar-refractivity contribution is 5.77. The van der Waals surface area contributed by atoms with Crippen LogP contribution in [0.25, 0.3) is 0 Å². The Morgan fingerprint density at radius 2 is 2.04 bits per heavy atom. The number of nitrogens with zero attached hydrogens (tertiary/aromatic N) is 1. The highest BCUT2D eigenvalue weighted by atomic mass is 19.1. The van der Waals surface area contributed by atoms with Gasteiger partial charge in [-0.15, -0.1) is 0 Å². The van der Waals surface area contributed by atoms with Crippen molar-refractivity contribution in [1.82, 2.24) is 4.90 Å². The van der Waals surface area contributed by atoms with Crippen molar-refractivity contribution in [2.24, 2.45) is 0 Å². The smallest absolute Gasteiger partial charge is 0.327 e. The molecule has 138 valence electrons. The van der Waals surface area contributed by atoms with E-state index in [2.05, 4.69) is 11.8 Å². The number of methoxy groups -OCH3 is 1. The SMILES string of the molecule is COC(=O)[C@H](c1ccc(OCc2ccccc2)c(F)c1)N1CCC[C@@H]1C. The van der Waals surface area contributed by atoms with Crippen LogP contribution in [-0.4, -0.2) is 30.6 Å². The molecule has 4 nitrogen and oxygen atoms in total. The second kappa shape index (κ2) is 8.32. The van der Waals surface area contributed by atoms with Gasteiger partial charge < -0.3 is 9.47 Å². The van der Waals surface area contributed by atoms with Crippen molar-refractivity contribution in [2.45, 2.75) is 38.5 Å². The summed E-state index contributed by atoms with van der Waals surface area (Å²) in [5.74, 6) is -0.661. The molecular formula is C21H24FNO3. The molecule has 5 heteroatoms. The number of hydrogen-bond donors (Lipinski definition) is 0. The van der Waals surface area contributed by atoms with E-state index in [4.69, 9.17) is 9.47 Å². The lowest BCUT2D eigenvalue weighted by atomic mass is 10.0. The van der Waals surface area contributed by atoms with E-state index in [1.807, 2.05) is 30.3 Å². The molecule has 0 unspecified atom stereocenters. The van der Waals surface area contributed by atoms with Crippen LogP contribution in [0.3, 0.4) is 0 Å². The fourth-order valence-electron chi connectivity index (χ4n) is 3.45. The number of ether oxygens (including phenoxy) is 2. The Morgan fingerprint density at radius 3 is 2.65 bits per heavy atom. The summed E-state index contributed by atoms with van der Waals surface area (Å²) in [7, 11) is 1.36. The van der Waals surface area contributed by atoms with Gasteiger partial charge in [0.05, 0.1) is 7.11 Å². The molecule has 0 spiro atoms. The van der Waals surface area contributed by atoms with Crippen LogP contribution in [0.15, 0.2) is 48.5 Å². The zero-order valence-corrected chi connectivity index (χ0v) is 15.2. The number of carbonyl (C=O) groups excluding carboxylic acids is 1. The lowest BCUT2D eigenvalue weighted by Gasteiger charge is -2.29. The second-order valence-electron chi connectivity index (χ2n) is 6.62. The maximum atomic E-state index is 14.6. The van der Waals surface area contributed by atoms with Crippen molar-refractivity contribution in [3.63, 3.8) is 0 Å². The first kappa shape index (κ1) is 18.4. The summed E-state index contributed by atoms with van der Waals surface area (Å²) in [6.07, 6.45) is 2.05. The van der Waals surface area contributed by atoms with Gasteiger partial charge in [-0.05, 0) is 49.6 Å². The molecule has 0 aliphatic carbocycles. The lowest BCUT2D eigenvalue weighted by molar-refractivity contribution is -0.147. The molecule has 0 bridgehead atoms. The Bertz CT molecular complexity index is 750. The Kier molecular flexibility index (Phi) is 5.89. The molecule has 0 N–H and O–H groups in total. The van der Waals surface area contributed by atoms with Gasteiger partial charge in [0.1, 0.15) is 12.6 Å². The normalized spacial score (nSPS) is 18.5. The monoisotopic (exact) mass is 357 g/mol. The van der Waals surface area contributed by atoms with Crippen LogP contribution in [0.2, 0.25) is 0 Å². The van der Waals surface area contributed by atoms with E-state index >= 15 is 0 Å². The molecule has 1 aliphatic rings. The molecule has 1 aliphatic heterocycles. The first-order valence-corrected chi connectivity index (χ1v) is 8.90. The van der Waals surface area contributed by atoms with Gasteiger partial charge in [0.15, 0.2) is 11.6 Å². The third-order valence-corrected chi connectivity index (χ3v) is 4.87. The summed E-state index contributed by atoms with van der Waals surface area (Å²) in [4.78, 5) is 14.4. The molecule has 1 saturated heterocycles.